The first-order valence-corrected chi connectivity index (χ1v) is 8.21. The number of H-pyrrole nitrogens is 1. The van der Waals surface area contributed by atoms with Gasteiger partial charge in [-0.25, -0.2) is 9.59 Å². The fourth-order valence-electron chi connectivity index (χ4n) is 3.23. The van der Waals surface area contributed by atoms with Crippen molar-refractivity contribution in [1.29, 1.82) is 0 Å². The van der Waals surface area contributed by atoms with Gasteiger partial charge < -0.3 is 14.6 Å². The molecule has 0 radical (unpaired) electrons. The van der Waals surface area contributed by atoms with E-state index in [9.17, 15) is 9.59 Å². The summed E-state index contributed by atoms with van der Waals surface area (Å²) < 4.78 is 6.82. The van der Waals surface area contributed by atoms with Crippen molar-refractivity contribution in [2.24, 2.45) is 0 Å². The molecular weight excluding hydrogens is 318 g/mol. The topological polar surface area (TPSA) is 67.3 Å². The number of hydrogen-bond donors (Lipinski definition) is 1. The van der Waals surface area contributed by atoms with Gasteiger partial charge in [-0.05, 0) is 44.4 Å². The van der Waals surface area contributed by atoms with Crippen molar-refractivity contribution >= 4 is 28.7 Å². The van der Waals surface area contributed by atoms with Gasteiger partial charge in [-0.15, -0.1) is 0 Å². The van der Waals surface area contributed by atoms with Crippen molar-refractivity contribution in [2.45, 2.75) is 32.7 Å². The Hall–Kier alpha value is -1.95. The van der Waals surface area contributed by atoms with Crippen LogP contribution in [0.25, 0.3) is 11.0 Å². The number of aryl methyl sites for hydroxylation is 1. The van der Waals surface area contributed by atoms with Crippen molar-refractivity contribution in [1.82, 2.24) is 14.5 Å². The molecule has 1 fully saturated rings. The number of ether oxygens (including phenoxy) is 1. The monoisotopic (exact) mass is 337 g/mol. The first-order chi connectivity index (χ1) is 11.0. The molecule has 0 atom stereocenters. The van der Waals surface area contributed by atoms with E-state index in [1.54, 1.807) is 22.5 Å². The van der Waals surface area contributed by atoms with E-state index in [0.29, 0.717) is 24.7 Å². The Morgan fingerprint density at radius 1 is 1.39 bits per heavy atom. The number of aromatic amines is 1. The number of carbonyl (C=O) groups excluding carboxylic acids is 1. The van der Waals surface area contributed by atoms with E-state index in [1.807, 2.05) is 13.0 Å². The number of fused-ring (bicyclic) bond motifs is 1. The van der Waals surface area contributed by atoms with Crippen molar-refractivity contribution < 1.29 is 9.53 Å². The molecule has 3 rings (SSSR count). The van der Waals surface area contributed by atoms with Gasteiger partial charge in [-0.1, -0.05) is 11.6 Å². The van der Waals surface area contributed by atoms with E-state index in [0.717, 1.165) is 29.4 Å². The standard InChI is InChI=1S/C16H20ClN3O3/c1-3-23-16(22)19-8-6-11(7-9-19)20-14-10(2)12(17)4-5-13(14)18-15(20)21/h4-5,11H,3,6-9H2,1-2H3,(H,18,21). The van der Waals surface area contributed by atoms with Crippen LogP contribution in [0.5, 0.6) is 0 Å². The summed E-state index contributed by atoms with van der Waals surface area (Å²) in [5.74, 6) is 0. The van der Waals surface area contributed by atoms with Crippen LogP contribution in [0.1, 0.15) is 31.4 Å². The molecule has 0 spiro atoms. The maximum atomic E-state index is 12.4. The van der Waals surface area contributed by atoms with Crippen LogP contribution in [0.15, 0.2) is 16.9 Å². The van der Waals surface area contributed by atoms with Crippen LogP contribution in [0, 0.1) is 6.92 Å². The van der Waals surface area contributed by atoms with E-state index < -0.39 is 0 Å². The fraction of sp³-hybridized carbons (Fsp3) is 0.500. The first kappa shape index (κ1) is 15.9. The summed E-state index contributed by atoms with van der Waals surface area (Å²) in [4.78, 5) is 28.7. The molecule has 1 aromatic carbocycles. The second-order valence-electron chi connectivity index (χ2n) is 5.79. The van der Waals surface area contributed by atoms with Crippen molar-refractivity contribution in [3.63, 3.8) is 0 Å². The molecule has 1 amide bonds. The highest BCUT2D eigenvalue weighted by Crippen LogP contribution is 2.29. The number of carbonyl (C=O) groups is 1. The van der Waals surface area contributed by atoms with Crippen LogP contribution >= 0.6 is 11.6 Å². The first-order valence-electron chi connectivity index (χ1n) is 7.84. The number of aromatic nitrogens is 2. The molecule has 2 aromatic rings. The Bertz CT molecular complexity index is 788. The molecule has 1 N–H and O–H groups in total. The van der Waals surface area contributed by atoms with Crippen LogP contribution in [0.2, 0.25) is 5.02 Å². The number of nitrogens with one attached hydrogen (secondary N) is 1. The summed E-state index contributed by atoms with van der Waals surface area (Å²) >= 11 is 6.21. The third-order valence-electron chi connectivity index (χ3n) is 4.42. The number of likely N-dealkylation sites (tertiary alicyclic amines) is 1. The van der Waals surface area contributed by atoms with E-state index in [4.69, 9.17) is 16.3 Å². The van der Waals surface area contributed by atoms with E-state index in [2.05, 4.69) is 4.98 Å². The average Bonchev–Trinajstić information content (AvgIpc) is 2.88. The number of piperidine rings is 1. The largest absolute Gasteiger partial charge is 0.450 e. The maximum absolute atomic E-state index is 12.4. The number of imidazole rings is 1. The zero-order chi connectivity index (χ0) is 16.6. The number of benzene rings is 1. The predicted octanol–water partition coefficient (Wildman–Crippen LogP) is 3.08. The summed E-state index contributed by atoms with van der Waals surface area (Å²) in [6.45, 7) is 5.26. The summed E-state index contributed by atoms with van der Waals surface area (Å²) in [7, 11) is 0. The van der Waals surface area contributed by atoms with Gasteiger partial charge in [0, 0.05) is 24.2 Å². The molecule has 7 heteroatoms. The average molecular weight is 338 g/mol. The third kappa shape index (κ3) is 2.83. The van der Waals surface area contributed by atoms with E-state index in [-0.39, 0.29) is 17.8 Å². The molecule has 0 bridgehead atoms. The van der Waals surface area contributed by atoms with Crippen LogP contribution in [-0.2, 0) is 4.74 Å². The molecule has 23 heavy (non-hydrogen) atoms. The Kier molecular flexibility index (Phi) is 4.35. The Labute approximate surface area is 139 Å². The second kappa shape index (κ2) is 6.28. The molecule has 6 nitrogen and oxygen atoms in total. The lowest BCUT2D eigenvalue weighted by molar-refractivity contribution is 0.0927. The Morgan fingerprint density at radius 2 is 2.09 bits per heavy atom. The molecule has 0 unspecified atom stereocenters. The molecule has 124 valence electrons. The molecule has 0 aliphatic carbocycles. The van der Waals surface area contributed by atoms with Gasteiger partial charge in [0.1, 0.15) is 0 Å². The van der Waals surface area contributed by atoms with Gasteiger partial charge in [0.25, 0.3) is 0 Å². The molecule has 1 aromatic heterocycles. The number of amides is 1. The highest BCUT2D eigenvalue weighted by atomic mass is 35.5. The highest BCUT2D eigenvalue weighted by molar-refractivity contribution is 6.32. The van der Waals surface area contributed by atoms with Gasteiger partial charge in [-0.3, -0.25) is 4.57 Å². The van der Waals surface area contributed by atoms with Crippen LogP contribution in [0.4, 0.5) is 4.79 Å². The number of halogens is 1. The van der Waals surface area contributed by atoms with E-state index >= 15 is 0 Å². The molecule has 1 saturated heterocycles. The summed E-state index contributed by atoms with van der Waals surface area (Å²) in [6.07, 6.45) is 1.16. The minimum atomic E-state index is -0.281. The second-order valence-corrected chi connectivity index (χ2v) is 6.19. The SMILES string of the molecule is CCOC(=O)N1CCC(n2c(=O)[nH]c3ccc(Cl)c(C)c32)CC1. The summed E-state index contributed by atoms with van der Waals surface area (Å²) in [6, 6.07) is 3.68. The lowest BCUT2D eigenvalue weighted by Crippen LogP contribution is -2.40. The normalized spacial score (nSPS) is 16.0. The molecule has 1 aliphatic rings. The number of rotatable bonds is 2. The quantitative estimate of drug-likeness (QED) is 0.915. The van der Waals surface area contributed by atoms with Gasteiger partial charge in [0.05, 0.1) is 17.6 Å². The number of hydrogen-bond acceptors (Lipinski definition) is 3. The Morgan fingerprint density at radius 3 is 2.74 bits per heavy atom. The minimum absolute atomic E-state index is 0.0547. The van der Waals surface area contributed by atoms with Crippen LogP contribution in [0.3, 0.4) is 0 Å². The van der Waals surface area contributed by atoms with Gasteiger partial charge in [-0.2, -0.15) is 0 Å². The number of nitrogens with zero attached hydrogens (tertiary/aromatic N) is 2. The summed E-state index contributed by atoms with van der Waals surface area (Å²) in [5.41, 5.74) is 2.43. The van der Waals surface area contributed by atoms with Crippen LogP contribution in [-0.4, -0.2) is 40.2 Å². The zero-order valence-corrected chi connectivity index (χ0v) is 14.0. The van der Waals surface area contributed by atoms with Crippen molar-refractivity contribution in [3.05, 3.63) is 33.2 Å². The van der Waals surface area contributed by atoms with Gasteiger partial charge in [0.15, 0.2) is 0 Å². The van der Waals surface area contributed by atoms with Crippen LogP contribution < -0.4 is 5.69 Å². The molecule has 0 saturated carbocycles. The zero-order valence-electron chi connectivity index (χ0n) is 13.3. The van der Waals surface area contributed by atoms with Crippen molar-refractivity contribution in [3.8, 4) is 0 Å². The molecule has 2 heterocycles. The van der Waals surface area contributed by atoms with Gasteiger partial charge in [0.2, 0.25) is 0 Å². The smallest absolute Gasteiger partial charge is 0.409 e. The molecular formula is C16H20ClN3O3. The van der Waals surface area contributed by atoms with Crippen molar-refractivity contribution in [2.75, 3.05) is 19.7 Å². The lowest BCUT2D eigenvalue weighted by Gasteiger charge is -2.31. The molecule has 1 aliphatic heterocycles. The van der Waals surface area contributed by atoms with E-state index in [1.165, 1.54) is 0 Å². The highest BCUT2D eigenvalue weighted by Gasteiger charge is 2.27. The predicted molar refractivity (Wildman–Crippen MR) is 89.2 cm³/mol. The maximum Gasteiger partial charge on any atom is 0.409 e. The third-order valence-corrected chi connectivity index (χ3v) is 4.83. The summed E-state index contributed by atoms with van der Waals surface area (Å²) in [5, 5.41) is 0.647. The Balaban J connectivity index is 1.88. The fourth-order valence-corrected chi connectivity index (χ4v) is 3.39. The minimum Gasteiger partial charge on any atom is -0.450 e. The van der Waals surface area contributed by atoms with Gasteiger partial charge >= 0.3 is 11.8 Å². The lowest BCUT2D eigenvalue weighted by atomic mass is 10.0.